The third kappa shape index (κ3) is 3.34. The molecule has 0 aromatic heterocycles. The van der Waals surface area contributed by atoms with Gasteiger partial charge in [-0.1, -0.05) is 38.0 Å². The van der Waals surface area contributed by atoms with Crippen molar-refractivity contribution in [3.05, 3.63) is 29.8 Å². The first-order chi connectivity index (χ1) is 8.81. The van der Waals surface area contributed by atoms with Gasteiger partial charge in [0.2, 0.25) is 0 Å². The third-order valence-corrected chi connectivity index (χ3v) is 3.62. The highest BCUT2D eigenvalue weighted by molar-refractivity contribution is 5.79. The zero-order valence-electron chi connectivity index (χ0n) is 11.2. The highest BCUT2D eigenvalue weighted by Gasteiger charge is 2.22. The zero-order chi connectivity index (χ0) is 12.8. The second-order valence-electron chi connectivity index (χ2n) is 5.07. The van der Waals surface area contributed by atoms with Crippen LogP contribution in [0.4, 0.5) is 0 Å². The number of unbranched alkanes of at least 4 members (excludes halogenated alkanes) is 2. The first kappa shape index (κ1) is 13.1. The Balaban J connectivity index is 1.92. The number of rotatable bonds is 6. The van der Waals surface area contributed by atoms with Gasteiger partial charge in [-0.25, -0.2) is 0 Å². The fraction of sp³-hybridized carbons (Fsp3) is 0.562. The van der Waals surface area contributed by atoms with E-state index in [0.29, 0.717) is 18.1 Å². The lowest BCUT2D eigenvalue weighted by Gasteiger charge is -2.25. The average molecular weight is 246 g/mol. The molecule has 0 fully saturated rings. The van der Waals surface area contributed by atoms with E-state index in [0.717, 1.165) is 38.0 Å². The summed E-state index contributed by atoms with van der Waals surface area (Å²) in [4.78, 5) is 12.0. The van der Waals surface area contributed by atoms with Crippen LogP contribution < -0.4 is 4.74 Å². The van der Waals surface area contributed by atoms with Gasteiger partial charge in [0.1, 0.15) is 11.5 Å². The van der Waals surface area contributed by atoms with Crippen LogP contribution in [0.2, 0.25) is 0 Å². The van der Waals surface area contributed by atoms with Crippen LogP contribution in [-0.4, -0.2) is 12.4 Å². The number of hydrogen-bond acceptors (Lipinski definition) is 2. The van der Waals surface area contributed by atoms with Gasteiger partial charge < -0.3 is 4.74 Å². The molecule has 0 bridgehead atoms. The second-order valence-corrected chi connectivity index (χ2v) is 5.07. The Labute approximate surface area is 109 Å². The van der Waals surface area contributed by atoms with E-state index in [-0.39, 0.29) is 0 Å². The number of ether oxygens (including phenoxy) is 1. The van der Waals surface area contributed by atoms with Gasteiger partial charge >= 0.3 is 0 Å². The lowest BCUT2D eigenvalue weighted by molar-refractivity contribution is -0.119. The number of hydrogen-bond donors (Lipinski definition) is 0. The number of fused-ring (bicyclic) bond motifs is 1. The summed E-state index contributed by atoms with van der Waals surface area (Å²) in [6.07, 6.45) is 5.78. The molecule has 0 saturated heterocycles. The van der Waals surface area contributed by atoms with Gasteiger partial charge in [-0.3, -0.25) is 4.79 Å². The van der Waals surface area contributed by atoms with Crippen LogP contribution in [0.15, 0.2) is 24.3 Å². The van der Waals surface area contributed by atoms with Crippen LogP contribution >= 0.6 is 0 Å². The van der Waals surface area contributed by atoms with Gasteiger partial charge in [-0.15, -0.1) is 0 Å². The Bertz CT molecular complexity index is 398. The summed E-state index contributed by atoms with van der Waals surface area (Å²) in [5.74, 6) is 1.74. The fourth-order valence-electron chi connectivity index (χ4n) is 2.58. The van der Waals surface area contributed by atoms with Crippen molar-refractivity contribution in [3.8, 4) is 5.75 Å². The highest BCUT2D eigenvalue weighted by atomic mass is 16.5. The smallest absolute Gasteiger partial charge is 0.133 e. The van der Waals surface area contributed by atoms with Gasteiger partial charge in [0.25, 0.3) is 0 Å². The topological polar surface area (TPSA) is 26.3 Å². The van der Waals surface area contributed by atoms with Crippen molar-refractivity contribution < 1.29 is 9.53 Å². The minimum absolute atomic E-state index is 0.365. The van der Waals surface area contributed by atoms with Crippen molar-refractivity contribution in [1.82, 2.24) is 0 Å². The van der Waals surface area contributed by atoms with E-state index < -0.39 is 0 Å². The molecule has 0 radical (unpaired) electrons. The lowest BCUT2D eigenvalue weighted by Crippen LogP contribution is -2.17. The maximum atomic E-state index is 12.0. The number of benzene rings is 1. The first-order valence-electron chi connectivity index (χ1n) is 7.04. The quantitative estimate of drug-likeness (QED) is 0.707. The summed E-state index contributed by atoms with van der Waals surface area (Å²) in [5.41, 5.74) is 1.22. The van der Waals surface area contributed by atoms with Crippen molar-refractivity contribution in [2.45, 2.75) is 51.4 Å². The molecule has 0 N–H and O–H groups in total. The minimum Gasteiger partial charge on any atom is -0.493 e. The van der Waals surface area contributed by atoms with Crippen LogP contribution in [0.1, 0.15) is 56.9 Å². The Morgan fingerprint density at radius 1 is 1.33 bits per heavy atom. The van der Waals surface area contributed by atoms with Gasteiger partial charge in [-0.2, -0.15) is 0 Å². The standard InChI is InChI=1S/C16H22O2/c1-2-3-4-7-14(17)12-13-10-11-18-16-9-6-5-8-15(13)16/h5-6,8-9,13H,2-4,7,10-12H2,1H3. The van der Waals surface area contributed by atoms with Crippen LogP contribution in [0.5, 0.6) is 5.75 Å². The maximum absolute atomic E-state index is 12.0. The van der Waals surface area contributed by atoms with Crippen LogP contribution in [-0.2, 0) is 4.79 Å². The van der Waals surface area contributed by atoms with Gasteiger partial charge in [0.15, 0.2) is 0 Å². The van der Waals surface area contributed by atoms with E-state index in [2.05, 4.69) is 13.0 Å². The van der Waals surface area contributed by atoms with Crippen molar-refractivity contribution >= 4 is 5.78 Å². The molecule has 0 spiro atoms. The van der Waals surface area contributed by atoms with E-state index in [1.807, 2.05) is 18.2 Å². The highest BCUT2D eigenvalue weighted by Crippen LogP contribution is 2.35. The normalized spacial score (nSPS) is 17.9. The molecule has 98 valence electrons. The number of carbonyl (C=O) groups excluding carboxylic acids is 1. The van der Waals surface area contributed by atoms with Crippen LogP contribution in [0.3, 0.4) is 0 Å². The monoisotopic (exact) mass is 246 g/mol. The average Bonchev–Trinajstić information content (AvgIpc) is 2.39. The third-order valence-electron chi connectivity index (χ3n) is 3.62. The molecule has 1 aliphatic heterocycles. The Morgan fingerprint density at radius 3 is 3.00 bits per heavy atom. The molecule has 1 atom stereocenters. The summed E-state index contributed by atoms with van der Waals surface area (Å²) in [7, 11) is 0. The number of ketones is 1. The van der Waals surface area contributed by atoms with Crippen molar-refractivity contribution in [2.75, 3.05) is 6.61 Å². The van der Waals surface area contributed by atoms with Gasteiger partial charge in [0, 0.05) is 12.8 Å². The molecular weight excluding hydrogens is 224 g/mol. The van der Waals surface area contributed by atoms with Crippen molar-refractivity contribution in [3.63, 3.8) is 0 Å². The second kappa shape index (κ2) is 6.58. The molecule has 1 unspecified atom stereocenters. The van der Waals surface area contributed by atoms with Crippen LogP contribution in [0.25, 0.3) is 0 Å². The summed E-state index contributed by atoms with van der Waals surface area (Å²) >= 11 is 0. The largest absolute Gasteiger partial charge is 0.493 e. The molecule has 18 heavy (non-hydrogen) atoms. The molecule has 0 amide bonds. The summed E-state index contributed by atoms with van der Waals surface area (Å²) in [6.45, 7) is 2.91. The molecule has 1 aromatic rings. The van der Waals surface area contributed by atoms with E-state index in [9.17, 15) is 4.79 Å². The number of Topliss-reactive ketones (excluding diaryl/α,β-unsaturated/α-hetero) is 1. The summed E-state index contributed by atoms with van der Waals surface area (Å²) in [5, 5.41) is 0. The fourth-order valence-corrected chi connectivity index (χ4v) is 2.58. The van der Waals surface area contributed by atoms with E-state index in [1.165, 1.54) is 12.0 Å². The van der Waals surface area contributed by atoms with Gasteiger partial charge in [0.05, 0.1) is 6.61 Å². The Kier molecular flexibility index (Phi) is 4.80. The number of para-hydroxylation sites is 1. The van der Waals surface area contributed by atoms with Crippen LogP contribution in [0, 0.1) is 0 Å². The number of carbonyl (C=O) groups is 1. The molecule has 2 rings (SSSR count). The van der Waals surface area contributed by atoms with Gasteiger partial charge in [-0.05, 0) is 30.4 Å². The predicted octanol–water partition coefficient (Wildman–Crippen LogP) is 4.09. The van der Waals surface area contributed by atoms with E-state index >= 15 is 0 Å². The molecular formula is C16H22O2. The first-order valence-corrected chi connectivity index (χ1v) is 7.04. The SMILES string of the molecule is CCCCCC(=O)CC1CCOc2ccccc21. The Morgan fingerprint density at radius 2 is 2.17 bits per heavy atom. The summed E-state index contributed by atoms with van der Waals surface area (Å²) in [6, 6.07) is 8.12. The molecule has 2 nitrogen and oxygen atoms in total. The maximum Gasteiger partial charge on any atom is 0.133 e. The molecule has 1 aromatic carbocycles. The molecule has 2 heteroatoms. The predicted molar refractivity (Wildman–Crippen MR) is 73.1 cm³/mol. The van der Waals surface area contributed by atoms with E-state index in [4.69, 9.17) is 4.74 Å². The van der Waals surface area contributed by atoms with Crippen molar-refractivity contribution in [2.24, 2.45) is 0 Å². The summed E-state index contributed by atoms with van der Waals surface area (Å²) < 4.78 is 5.62. The molecule has 1 heterocycles. The van der Waals surface area contributed by atoms with E-state index in [1.54, 1.807) is 0 Å². The molecule has 0 aliphatic carbocycles. The zero-order valence-corrected chi connectivity index (χ0v) is 11.2. The molecule has 1 aliphatic rings. The minimum atomic E-state index is 0.365. The van der Waals surface area contributed by atoms with Crippen molar-refractivity contribution in [1.29, 1.82) is 0 Å². The Hall–Kier alpha value is -1.31. The lowest BCUT2D eigenvalue weighted by atomic mass is 9.88. The molecule has 0 saturated carbocycles.